The van der Waals surface area contributed by atoms with E-state index in [0.717, 1.165) is 28.5 Å². The minimum absolute atomic E-state index is 0.0849. The number of ether oxygens (including phenoxy) is 3. The maximum Gasteiger partial charge on any atom is 0.333 e. The Kier molecular flexibility index (Phi) is 8.83. The SMILES string of the molecule is COc1ccccc1C(Cn1c(=O)n(C(C)(C)C(=O)OC(C)(C)C)c(=O)c2c(C)csc21)OC1CCN(C(=O)C2CC2)CC1. The van der Waals surface area contributed by atoms with E-state index in [1.165, 1.54) is 25.2 Å². The molecule has 3 heterocycles. The number of carbonyl (C=O) groups is 2. The van der Waals surface area contributed by atoms with Crippen molar-refractivity contribution < 1.29 is 23.8 Å². The number of piperidine rings is 1. The van der Waals surface area contributed by atoms with Crippen LogP contribution in [0, 0.1) is 12.8 Å². The van der Waals surface area contributed by atoms with Crippen LogP contribution in [0.4, 0.5) is 0 Å². The van der Waals surface area contributed by atoms with Crippen LogP contribution in [0.25, 0.3) is 10.2 Å². The van der Waals surface area contributed by atoms with Crippen molar-refractivity contribution in [2.75, 3.05) is 20.2 Å². The van der Waals surface area contributed by atoms with E-state index in [2.05, 4.69) is 0 Å². The first-order valence-electron chi connectivity index (χ1n) is 15.3. The molecule has 5 rings (SSSR count). The van der Waals surface area contributed by atoms with Gasteiger partial charge in [-0.15, -0.1) is 11.3 Å². The number of hydrogen-bond donors (Lipinski definition) is 0. The quantitative estimate of drug-likeness (QED) is 0.315. The second kappa shape index (κ2) is 12.2. The fourth-order valence-corrected chi connectivity index (χ4v) is 6.84. The third-order valence-electron chi connectivity index (χ3n) is 8.37. The van der Waals surface area contributed by atoms with Crippen molar-refractivity contribution in [3.63, 3.8) is 0 Å². The summed E-state index contributed by atoms with van der Waals surface area (Å²) in [6, 6.07) is 7.53. The van der Waals surface area contributed by atoms with Crippen molar-refractivity contribution in [3.05, 3.63) is 61.6 Å². The Bertz CT molecular complexity index is 1670. The molecule has 0 spiro atoms. The fraction of sp³-hybridized carbons (Fsp3) is 0.576. The van der Waals surface area contributed by atoms with Gasteiger partial charge in [-0.2, -0.15) is 0 Å². The van der Waals surface area contributed by atoms with Crippen molar-refractivity contribution in [2.45, 2.75) is 97.1 Å². The number of methoxy groups -OCH3 is 1. The van der Waals surface area contributed by atoms with Gasteiger partial charge in [-0.25, -0.2) is 14.2 Å². The number of likely N-dealkylation sites (tertiary alicyclic amines) is 1. The molecule has 2 aromatic heterocycles. The molecule has 0 radical (unpaired) electrons. The van der Waals surface area contributed by atoms with Gasteiger partial charge in [0.1, 0.15) is 27.8 Å². The molecule has 1 aromatic carbocycles. The van der Waals surface area contributed by atoms with Crippen LogP contribution in [0.1, 0.15) is 77.5 Å². The molecule has 0 N–H and O–H groups in total. The summed E-state index contributed by atoms with van der Waals surface area (Å²) in [5.41, 5.74) is -2.04. The molecule has 1 saturated carbocycles. The van der Waals surface area contributed by atoms with E-state index >= 15 is 0 Å². The first-order chi connectivity index (χ1) is 20.7. The smallest absolute Gasteiger partial charge is 0.333 e. The summed E-state index contributed by atoms with van der Waals surface area (Å²) in [4.78, 5) is 56.7. The van der Waals surface area contributed by atoms with Gasteiger partial charge in [-0.05, 0) is 84.2 Å². The highest BCUT2D eigenvalue weighted by Gasteiger charge is 2.39. The Labute approximate surface area is 261 Å². The minimum Gasteiger partial charge on any atom is -0.496 e. The zero-order chi connectivity index (χ0) is 32.0. The van der Waals surface area contributed by atoms with Gasteiger partial charge in [0.25, 0.3) is 5.56 Å². The second-order valence-electron chi connectivity index (χ2n) is 13.4. The summed E-state index contributed by atoms with van der Waals surface area (Å²) in [6.07, 6.45) is 2.55. The predicted molar refractivity (Wildman–Crippen MR) is 169 cm³/mol. The highest BCUT2D eigenvalue weighted by molar-refractivity contribution is 7.17. The van der Waals surface area contributed by atoms with Crippen molar-refractivity contribution in [1.29, 1.82) is 0 Å². The lowest BCUT2D eigenvalue weighted by Crippen LogP contribution is -2.54. The number of amides is 1. The van der Waals surface area contributed by atoms with Gasteiger partial charge in [-0.3, -0.25) is 14.2 Å². The monoisotopic (exact) mass is 625 g/mol. The normalized spacial score (nSPS) is 17.1. The van der Waals surface area contributed by atoms with E-state index in [-0.39, 0.29) is 24.5 Å². The first-order valence-corrected chi connectivity index (χ1v) is 16.2. The number of carbonyl (C=O) groups excluding carboxylic acids is 2. The zero-order valence-electron chi connectivity index (χ0n) is 26.7. The summed E-state index contributed by atoms with van der Waals surface area (Å²) in [5.74, 6) is 0.362. The lowest BCUT2D eigenvalue weighted by atomic mass is 10.0. The van der Waals surface area contributed by atoms with Crippen LogP contribution in [-0.4, -0.2) is 57.8 Å². The van der Waals surface area contributed by atoms with Crippen LogP contribution >= 0.6 is 11.3 Å². The fourth-order valence-electron chi connectivity index (χ4n) is 5.79. The molecule has 11 heteroatoms. The van der Waals surface area contributed by atoms with Gasteiger partial charge in [0.2, 0.25) is 5.91 Å². The second-order valence-corrected chi connectivity index (χ2v) is 14.2. The minimum atomic E-state index is -1.58. The third kappa shape index (κ3) is 6.35. The topological polar surface area (TPSA) is 109 Å². The van der Waals surface area contributed by atoms with Crippen LogP contribution in [-0.2, 0) is 31.1 Å². The summed E-state index contributed by atoms with van der Waals surface area (Å²) in [5, 5.41) is 2.23. The van der Waals surface area contributed by atoms with Gasteiger partial charge >= 0.3 is 11.7 Å². The standard InChI is InChI=1S/C33H43N3O7S/c1-20-19-44-29-26(20)28(38)36(33(5,6)30(39)43-32(2,3)4)31(40)35(29)18-25(23-10-8-9-11-24(23)41-7)42-22-14-16-34(17-15-22)27(37)21-12-13-21/h8-11,19,21-22,25H,12-18H2,1-7H3. The Balaban J connectivity index is 1.55. The van der Waals surface area contributed by atoms with Crippen LogP contribution < -0.4 is 16.0 Å². The van der Waals surface area contributed by atoms with Gasteiger partial charge in [0.05, 0.1) is 25.1 Å². The van der Waals surface area contributed by atoms with Crippen LogP contribution in [0.5, 0.6) is 5.75 Å². The Morgan fingerprint density at radius 2 is 1.68 bits per heavy atom. The Morgan fingerprint density at radius 1 is 1.02 bits per heavy atom. The number of nitrogens with zero attached hydrogens (tertiary/aromatic N) is 3. The van der Waals surface area contributed by atoms with E-state index in [4.69, 9.17) is 14.2 Å². The molecular weight excluding hydrogens is 582 g/mol. The van der Waals surface area contributed by atoms with Crippen molar-refractivity contribution >= 4 is 33.4 Å². The van der Waals surface area contributed by atoms with Crippen molar-refractivity contribution in [2.24, 2.45) is 5.92 Å². The number of fused-ring (bicyclic) bond motifs is 1. The number of esters is 1. The Hall–Kier alpha value is -3.44. The molecule has 3 aromatic rings. The number of rotatable bonds is 9. The summed E-state index contributed by atoms with van der Waals surface area (Å²) in [7, 11) is 1.59. The number of para-hydroxylation sites is 1. The molecule has 2 aliphatic rings. The maximum atomic E-state index is 14.3. The number of hydrogen-bond acceptors (Lipinski definition) is 8. The third-order valence-corrected chi connectivity index (χ3v) is 9.49. The highest BCUT2D eigenvalue weighted by Crippen LogP contribution is 2.35. The average molecular weight is 626 g/mol. The number of aryl methyl sites for hydroxylation is 1. The first kappa shape index (κ1) is 32.0. The van der Waals surface area contributed by atoms with E-state index in [1.54, 1.807) is 32.4 Å². The summed E-state index contributed by atoms with van der Waals surface area (Å²) < 4.78 is 20.7. The van der Waals surface area contributed by atoms with Gasteiger partial charge in [0.15, 0.2) is 0 Å². The van der Waals surface area contributed by atoms with Gasteiger partial charge < -0.3 is 19.1 Å². The molecule has 1 saturated heterocycles. The van der Waals surface area contributed by atoms with Crippen molar-refractivity contribution in [3.8, 4) is 5.75 Å². The lowest BCUT2D eigenvalue weighted by molar-refractivity contribution is -0.164. The van der Waals surface area contributed by atoms with Crippen LogP contribution in [0.3, 0.4) is 0 Å². The molecule has 44 heavy (non-hydrogen) atoms. The molecule has 2 fully saturated rings. The van der Waals surface area contributed by atoms with Gasteiger partial charge in [0, 0.05) is 24.6 Å². The van der Waals surface area contributed by atoms with Crippen LogP contribution in [0.2, 0.25) is 0 Å². The van der Waals surface area contributed by atoms with Crippen LogP contribution in [0.15, 0.2) is 39.2 Å². The molecule has 0 bridgehead atoms. The highest BCUT2D eigenvalue weighted by atomic mass is 32.1. The number of benzene rings is 1. The lowest BCUT2D eigenvalue weighted by Gasteiger charge is -2.35. The van der Waals surface area contributed by atoms with E-state index in [1.807, 2.05) is 41.5 Å². The Morgan fingerprint density at radius 3 is 2.30 bits per heavy atom. The molecule has 1 amide bonds. The molecule has 1 aliphatic carbocycles. The maximum absolute atomic E-state index is 14.3. The predicted octanol–water partition coefficient (Wildman–Crippen LogP) is 4.78. The van der Waals surface area contributed by atoms with E-state index < -0.39 is 34.5 Å². The zero-order valence-corrected chi connectivity index (χ0v) is 27.5. The number of thiophene rings is 1. The van der Waals surface area contributed by atoms with E-state index in [0.29, 0.717) is 41.9 Å². The average Bonchev–Trinajstić information content (AvgIpc) is 3.75. The van der Waals surface area contributed by atoms with Gasteiger partial charge in [-0.1, -0.05) is 18.2 Å². The number of aromatic nitrogens is 2. The summed E-state index contributed by atoms with van der Waals surface area (Å²) in [6.45, 7) is 11.5. The van der Waals surface area contributed by atoms with E-state index in [9.17, 15) is 19.2 Å². The molecule has 1 aliphatic heterocycles. The molecular formula is C33H43N3O7S. The molecule has 1 unspecified atom stereocenters. The molecule has 10 nitrogen and oxygen atoms in total. The van der Waals surface area contributed by atoms with Crippen molar-refractivity contribution in [1.82, 2.24) is 14.0 Å². The summed E-state index contributed by atoms with van der Waals surface area (Å²) >= 11 is 1.31. The largest absolute Gasteiger partial charge is 0.496 e. The molecule has 238 valence electrons. The molecule has 1 atom stereocenters.